The number of hydrogen-bond donors (Lipinski definition) is 0. The van der Waals surface area contributed by atoms with Crippen LogP contribution < -0.4 is 4.90 Å². The van der Waals surface area contributed by atoms with Crippen molar-refractivity contribution in [3.63, 3.8) is 0 Å². The van der Waals surface area contributed by atoms with Crippen LogP contribution in [0.15, 0.2) is 140 Å². The lowest BCUT2D eigenvalue weighted by molar-refractivity contribution is 0.0926. The fourth-order valence-electron chi connectivity index (χ4n) is 6.35. The molecule has 2 heterocycles. The molecule has 7 aromatic rings. The first kappa shape index (κ1) is 25.5. The molecular formula is C39H23N3O2. The second-order valence-electron chi connectivity index (χ2n) is 10.8. The molecule has 206 valence electrons. The monoisotopic (exact) mass is 565 g/mol. The second kappa shape index (κ2) is 9.94. The molecule has 5 nitrogen and oxygen atoms in total. The summed E-state index contributed by atoms with van der Waals surface area (Å²) in [6.07, 6.45) is 0. The lowest BCUT2D eigenvalue weighted by atomic mass is 10.0. The van der Waals surface area contributed by atoms with E-state index in [1.54, 1.807) is 6.07 Å². The summed E-state index contributed by atoms with van der Waals surface area (Å²) in [4.78, 5) is 29.3. The zero-order chi connectivity index (χ0) is 29.8. The van der Waals surface area contributed by atoms with Gasteiger partial charge in [-0.05, 0) is 59.2 Å². The maximum atomic E-state index is 14.2. The van der Waals surface area contributed by atoms with Crippen LogP contribution in [-0.4, -0.2) is 16.4 Å². The number of para-hydroxylation sites is 2. The minimum absolute atomic E-state index is 0.340. The molecular weight excluding hydrogens is 542 g/mol. The summed E-state index contributed by atoms with van der Waals surface area (Å²) in [5.74, 6) is -0.692. The van der Waals surface area contributed by atoms with E-state index in [2.05, 4.69) is 28.8 Å². The molecule has 5 heteroatoms. The molecule has 0 spiro atoms. The van der Waals surface area contributed by atoms with E-state index in [1.165, 1.54) is 4.90 Å². The molecule has 0 radical (unpaired) electrons. The van der Waals surface area contributed by atoms with Gasteiger partial charge in [-0.1, -0.05) is 97.1 Å². The number of carbonyl (C=O) groups excluding carboxylic acids is 2. The van der Waals surface area contributed by atoms with E-state index in [-0.39, 0.29) is 11.8 Å². The molecule has 1 aromatic heterocycles. The van der Waals surface area contributed by atoms with E-state index in [1.807, 2.05) is 115 Å². The third kappa shape index (κ3) is 3.79. The van der Waals surface area contributed by atoms with Gasteiger partial charge in [0, 0.05) is 16.3 Å². The van der Waals surface area contributed by atoms with Crippen LogP contribution in [0.25, 0.3) is 49.7 Å². The van der Waals surface area contributed by atoms with Crippen molar-refractivity contribution in [1.82, 2.24) is 4.57 Å². The van der Waals surface area contributed by atoms with E-state index >= 15 is 0 Å². The Hall–Kier alpha value is -6.25. The average molecular weight is 566 g/mol. The highest BCUT2D eigenvalue weighted by atomic mass is 16.2. The summed E-state index contributed by atoms with van der Waals surface area (Å²) in [6, 6.07) is 47.0. The third-order valence-corrected chi connectivity index (χ3v) is 8.39. The van der Waals surface area contributed by atoms with Crippen molar-refractivity contribution >= 4 is 39.3 Å². The molecule has 0 saturated carbocycles. The fraction of sp³-hybridized carbons (Fsp3) is 0. The predicted molar refractivity (Wildman–Crippen MR) is 174 cm³/mol. The smallest absolute Gasteiger partial charge is 0.268 e. The van der Waals surface area contributed by atoms with Crippen molar-refractivity contribution in [1.29, 1.82) is 5.26 Å². The highest BCUT2D eigenvalue weighted by Gasteiger charge is 2.39. The molecule has 0 saturated heterocycles. The van der Waals surface area contributed by atoms with Crippen LogP contribution in [0.3, 0.4) is 0 Å². The molecule has 0 unspecified atom stereocenters. The van der Waals surface area contributed by atoms with Crippen LogP contribution in [0.1, 0.15) is 26.3 Å². The maximum Gasteiger partial charge on any atom is 0.268 e. The van der Waals surface area contributed by atoms with Gasteiger partial charge in [0.2, 0.25) is 0 Å². The largest absolute Gasteiger partial charge is 0.308 e. The van der Waals surface area contributed by atoms with Gasteiger partial charge in [0.25, 0.3) is 11.8 Å². The quantitative estimate of drug-likeness (QED) is 0.200. The Balaban J connectivity index is 1.32. The molecule has 0 atom stereocenters. The van der Waals surface area contributed by atoms with Gasteiger partial charge in [-0.15, -0.1) is 0 Å². The van der Waals surface area contributed by atoms with Crippen molar-refractivity contribution < 1.29 is 9.59 Å². The number of carbonyl (C=O) groups is 2. The Morgan fingerprint density at radius 2 is 1.16 bits per heavy atom. The van der Waals surface area contributed by atoms with Crippen LogP contribution in [-0.2, 0) is 0 Å². The molecule has 6 aromatic carbocycles. The lowest BCUT2D eigenvalue weighted by Gasteiger charge is -2.16. The van der Waals surface area contributed by atoms with Crippen molar-refractivity contribution in [2.75, 3.05) is 4.90 Å². The molecule has 0 N–H and O–H groups in total. The van der Waals surface area contributed by atoms with Crippen molar-refractivity contribution in [3.05, 3.63) is 156 Å². The molecule has 8 rings (SSSR count). The van der Waals surface area contributed by atoms with Gasteiger partial charge in [-0.3, -0.25) is 9.59 Å². The first-order valence-electron chi connectivity index (χ1n) is 14.3. The normalized spacial score (nSPS) is 12.6. The number of nitrogens with zero attached hydrogens (tertiary/aromatic N) is 3. The van der Waals surface area contributed by atoms with Gasteiger partial charge in [0.1, 0.15) is 0 Å². The number of benzene rings is 6. The zero-order valence-corrected chi connectivity index (χ0v) is 23.4. The first-order chi connectivity index (χ1) is 21.6. The Bertz CT molecular complexity index is 2310. The Labute approximate surface area is 253 Å². The molecule has 0 bridgehead atoms. The number of anilines is 1. The number of rotatable bonds is 4. The number of hydrogen-bond acceptors (Lipinski definition) is 3. The molecule has 0 fully saturated rings. The number of fused-ring (bicyclic) bond motifs is 4. The minimum atomic E-state index is -0.352. The summed E-state index contributed by atoms with van der Waals surface area (Å²) in [5.41, 5.74) is 8.37. The Morgan fingerprint density at radius 1 is 0.523 bits per heavy atom. The van der Waals surface area contributed by atoms with E-state index < -0.39 is 0 Å². The number of nitriles is 1. The van der Waals surface area contributed by atoms with Crippen LogP contribution in [0.2, 0.25) is 0 Å². The minimum Gasteiger partial charge on any atom is -0.308 e. The SMILES string of the molecule is N#Cc1ccc(-c2cccc3c4ccccc4n(-c4cccc5c4C(=O)N(c4ccc(-c6ccccc6)cc4)C5=O)c23)cc1. The first-order valence-corrected chi connectivity index (χ1v) is 14.3. The number of imide groups is 1. The standard InChI is InChI=1S/C39H23N3O2/c40-24-25-16-18-28(19-17-25)30-11-6-12-32-31-10-4-5-14-34(31)42(37(30)32)35-15-7-13-33-36(35)39(44)41(38(33)43)29-22-20-27(21-23-29)26-8-2-1-3-9-26/h1-23H. The van der Waals surface area contributed by atoms with Crippen LogP contribution in [0.5, 0.6) is 0 Å². The summed E-state index contributed by atoms with van der Waals surface area (Å²) in [5, 5.41) is 11.4. The average Bonchev–Trinajstić information content (AvgIpc) is 3.56. The van der Waals surface area contributed by atoms with E-state index in [0.717, 1.165) is 44.1 Å². The van der Waals surface area contributed by atoms with Gasteiger partial charge in [-0.25, -0.2) is 4.90 Å². The fourth-order valence-corrected chi connectivity index (χ4v) is 6.35. The zero-order valence-electron chi connectivity index (χ0n) is 23.4. The van der Waals surface area contributed by atoms with Crippen molar-refractivity contribution in [2.24, 2.45) is 0 Å². The van der Waals surface area contributed by atoms with Gasteiger partial charge in [0.15, 0.2) is 0 Å². The Kier molecular flexibility index (Phi) is 5.75. The molecule has 0 aliphatic carbocycles. The van der Waals surface area contributed by atoms with Gasteiger partial charge in [0.05, 0.1) is 45.2 Å². The molecule has 1 aliphatic rings. The lowest BCUT2D eigenvalue weighted by Crippen LogP contribution is -2.29. The molecule has 2 amide bonds. The summed E-state index contributed by atoms with van der Waals surface area (Å²) >= 11 is 0. The summed E-state index contributed by atoms with van der Waals surface area (Å²) in [6.45, 7) is 0. The maximum absolute atomic E-state index is 14.2. The van der Waals surface area contributed by atoms with Crippen molar-refractivity contribution in [3.8, 4) is 34.0 Å². The predicted octanol–water partition coefficient (Wildman–Crippen LogP) is 8.79. The summed E-state index contributed by atoms with van der Waals surface area (Å²) in [7, 11) is 0. The van der Waals surface area contributed by atoms with Gasteiger partial charge in [-0.2, -0.15) is 5.26 Å². The van der Waals surface area contributed by atoms with Crippen LogP contribution in [0, 0.1) is 11.3 Å². The number of aromatic nitrogens is 1. The van der Waals surface area contributed by atoms with Crippen LogP contribution in [0.4, 0.5) is 5.69 Å². The van der Waals surface area contributed by atoms with E-state index in [9.17, 15) is 14.9 Å². The highest BCUT2D eigenvalue weighted by molar-refractivity contribution is 6.36. The molecule has 1 aliphatic heterocycles. The molecule has 44 heavy (non-hydrogen) atoms. The second-order valence-corrected chi connectivity index (χ2v) is 10.8. The van der Waals surface area contributed by atoms with Gasteiger partial charge >= 0.3 is 0 Å². The van der Waals surface area contributed by atoms with E-state index in [0.29, 0.717) is 28.1 Å². The Morgan fingerprint density at radius 3 is 1.93 bits per heavy atom. The topological polar surface area (TPSA) is 66.1 Å². The van der Waals surface area contributed by atoms with Crippen molar-refractivity contribution in [2.45, 2.75) is 0 Å². The van der Waals surface area contributed by atoms with Crippen LogP contribution >= 0.6 is 0 Å². The number of amides is 2. The third-order valence-electron chi connectivity index (χ3n) is 8.39. The summed E-state index contributed by atoms with van der Waals surface area (Å²) < 4.78 is 2.10. The highest BCUT2D eigenvalue weighted by Crippen LogP contribution is 2.41. The van der Waals surface area contributed by atoms with E-state index in [4.69, 9.17) is 0 Å². The van der Waals surface area contributed by atoms with Gasteiger partial charge < -0.3 is 4.57 Å².